The van der Waals surface area contributed by atoms with Crippen LogP contribution >= 0.6 is 0 Å². The van der Waals surface area contributed by atoms with Gasteiger partial charge in [0.1, 0.15) is 12.1 Å². The van der Waals surface area contributed by atoms with Gasteiger partial charge >= 0.3 is 5.97 Å². The Balaban J connectivity index is 1.78. The Bertz CT molecular complexity index is 895. The number of methoxy groups -OCH3 is 1. The molecule has 186 valence electrons. The number of carbonyl (C=O) groups excluding carboxylic acids is 4. The fourth-order valence-electron chi connectivity index (χ4n) is 4.67. The second-order valence-electron chi connectivity index (χ2n) is 9.33. The molecule has 1 aromatic carbocycles. The van der Waals surface area contributed by atoms with E-state index in [1.165, 1.54) is 14.0 Å². The van der Waals surface area contributed by atoms with Crippen molar-refractivity contribution in [1.82, 2.24) is 15.1 Å². The number of rotatable bonds is 6. The van der Waals surface area contributed by atoms with Crippen molar-refractivity contribution in [2.24, 2.45) is 5.92 Å². The van der Waals surface area contributed by atoms with Crippen molar-refractivity contribution in [3.63, 3.8) is 0 Å². The number of amides is 3. The first-order valence-electron chi connectivity index (χ1n) is 12.0. The molecule has 1 saturated carbocycles. The molecule has 0 bridgehead atoms. The summed E-state index contributed by atoms with van der Waals surface area (Å²) in [5.74, 6) is -1.34. The van der Waals surface area contributed by atoms with Crippen molar-refractivity contribution in [2.75, 3.05) is 45.7 Å². The zero-order chi connectivity index (χ0) is 24.8. The van der Waals surface area contributed by atoms with Crippen LogP contribution in [0.2, 0.25) is 0 Å². The smallest absolute Gasteiger partial charge is 0.328 e. The summed E-state index contributed by atoms with van der Waals surface area (Å²) in [6.07, 6.45) is 4.79. The highest BCUT2D eigenvalue weighted by Gasteiger charge is 2.40. The van der Waals surface area contributed by atoms with Crippen molar-refractivity contribution in [1.29, 1.82) is 0 Å². The van der Waals surface area contributed by atoms with E-state index in [4.69, 9.17) is 4.74 Å². The van der Waals surface area contributed by atoms with Crippen LogP contribution in [-0.2, 0) is 19.1 Å². The van der Waals surface area contributed by atoms with Crippen LogP contribution in [0.4, 0.5) is 5.69 Å². The number of esters is 1. The van der Waals surface area contributed by atoms with Gasteiger partial charge in [0.15, 0.2) is 0 Å². The van der Waals surface area contributed by atoms with Gasteiger partial charge in [0, 0.05) is 44.4 Å². The lowest BCUT2D eigenvalue weighted by Crippen LogP contribution is -2.63. The van der Waals surface area contributed by atoms with Gasteiger partial charge in [-0.3, -0.25) is 14.4 Å². The summed E-state index contributed by atoms with van der Waals surface area (Å²) in [5, 5.41) is 2.66. The molecule has 3 rings (SSSR count). The lowest BCUT2D eigenvalue weighted by molar-refractivity contribution is -0.149. The summed E-state index contributed by atoms with van der Waals surface area (Å²) < 4.78 is 4.71. The van der Waals surface area contributed by atoms with Crippen molar-refractivity contribution >= 4 is 29.4 Å². The van der Waals surface area contributed by atoms with Gasteiger partial charge in [-0.1, -0.05) is 19.3 Å². The predicted octanol–water partition coefficient (Wildman–Crippen LogP) is 1.66. The summed E-state index contributed by atoms with van der Waals surface area (Å²) in [6.45, 7) is 2.24. The normalized spacial score (nSPS) is 19.8. The number of carbonyl (C=O) groups is 4. The maximum atomic E-state index is 13.3. The first-order chi connectivity index (χ1) is 16.2. The van der Waals surface area contributed by atoms with Gasteiger partial charge in [-0.25, -0.2) is 4.79 Å². The Labute approximate surface area is 201 Å². The highest BCUT2D eigenvalue weighted by molar-refractivity contribution is 5.96. The number of ether oxygens (including phenoxy) is 1. The SMILES string of the molecule is COC(=O)[C@@H](C)NC(=O)[C@H]1CN(C(=O)c2ccc(N(C)C)cc2)CCN1C(=O)C1CCCCC1. The minimum absolute atomic E-state index is 0.0343. The lowest BCUT2D eigenvalue weighted by atomic mass is 9.87. The quantitative estimate of drug-likeness (QED) is 0.633. The third-order valence-electron chi connectivity index (χ3n) is 6.75. The zero-order valence-electron chi connectivity index (χ0n) is 20.6. The number of anilines is 1. The maximum absolute atomic E-state index is 13.3. The molecule has 1 N–H and O–H groups in total. The van der Waals surface area contributed by atoms with Crippen molar-refractivity contribution < 1.29 is 23.9 Å². The molecule has 1 saturated heterocycles. The number of nitrogens with zero attached hydrogens (tertiary/aromatic N) is 3. The number of piperazine rings is 1. The Morgan fingerprint density at radius 2 is 1.68 bits per heavy atom. The van der Waals surface area contributed by atoms with E-state index in [0.717, 1.165) is 37.8 Å². The third kappa shape index (κ3) is 5.87. The van der Waals surface area contributed by atoms with Gasteiger partial charge in [-0.15, -0.1) is 0 Å². The Morgan fingerprint density at radius 1 is 1.03 bits per heavy atom. The maximum Gasteiger partial charge on any atom is 0.328 e. The molecule has 1 aromatic rings. The number of nitrogens with one attached hydrogen (secondary N) is 1. The lowest BCUT2D eigenvalue weighted by Gasteiger charge is -2.42. The van der Waals surface area contributed by atoms with Crippen molar-refractivity contribution in [3.8, 4) is 0 Å². The number of hydrogen-bond acceptors (Lipinski definition) is 6. The average molecular weight is 473 g/mol. The fraction of sp³-hybridized carbons (Fsp3) is 0.600. The van der Waals surface area contributed by atoms with E-state index in [1.54, 1.807) is 21.9 Å². The highest BCUT2D eigenvalue weighted by Crippen LogP contribution is 2.27. The van der Waals surface area contributed by atoms with Crippen LogP contribution in [0.3, 0.4) is 0 Å². The molecule has 0 radical (unpaired) electrons. The molecule has 2 aliphatic rings. The van der Waals surface area contributed by atoms with Crippen molar-refractivity contribution in [2.45, 2.75) is 51.1 Å². The molecule has 2 atom stereocenters. The fourth-order valence-corrected chi connectivity index (χ4v) is 4.67. The predicted molar refractivity (Wildman–Crippen MR) is 128 cm³/mol. The molecule has 0 aromatic heterocycles. The van der Waals surface area contributed by atoms with E-state index in [0.29, 0.717) is 12.1 Å². The number of benzene rings is 1. The van der Waals surface area contributed by atoms with Crippen LogP contribution in [0.15, 0.2) is 24.3 Å². The van der Waals surface area contributed by atoms with E-state index in [-0.39, 0.29) is 30.8 Å². The van der Waals surface area contributed by atoms with Gasteiger partial charge < -0.3 is 24.8 Å². The van der Waals surface area contributed by atoms with Crippen LogP contribution in [0.1, 0.15) is 49.4 Å². The second kappa shape index (κ2) is 11.4. The Kier molecular flexibility index (Phi) is 8.52. The Morgan fingerprint density at radius 3 is 2.26 bits per heavy atom. The molecule has 1 heterocycles. The number of hydrogen-bond donors (Lipinski definition) is 1. The summed E-state index contributed by atoms with van der Waals surface area (Å²) in [6, 6.07) is 5.57. The minimum atomic E-state index is -0.861. The standard InChI is InChI=1S/C25H36N4O5/c1-17(25(33)34-4)26-22(30)21-16-28(23(31)19-10-12-20(13-11-19)27(2)3)14-15-29(21)24(32)18-8-6-5-7-9-18/h10-13,17-18,21H,5-9,14-16H2,1-4H3,(H,26,30)/t17-,21-/m1/s1. The van der Waals surface area contributed by atoms with Gasteiger partial charge in [-0.05, 0) is 44.0 Å². The van der Waals surface area contributed by atoms with Gasteiger partial charge in [-0.2, -0.15) is 0 Å². The molecule has 3 amide bonds. The minimum Gasteiger partial charge on any atom is -0.467 e. The largest absolute Gasteiger partial charge is 0.467 e. The first-order valence-corrected chi connectivity index (χ1v) is 12.0. The van der Waals surface area contributed by atoms with Crippen LogP contribution in [-0.4, -0.2) is 86.4 Å². The molecule has 0 unspecified atom stereocenters. The molecular weight excluding hydrogens is 436 g/mol. The molecule has 34 heavy (non-hydrogen) atoms. The topological polar surface area (TPSA) is 99.3 Å². The van der Waals surface area contributed by atoms with E-state index in [2.05, 4.69) is 5.32 Å². The molecule has 1 aliphatic carbocycles. The Hall–Kier alpha value is -3.10. The first kappa shape index (κ1) is 25.5. The summed E-state index contributed by atoms with van der Waals surface area (Å²) in [4.78, 5) is 56.7. The summed E-state index contributed by atoms with van der Waals surface area (Å²) >= 11 is 0. The van der Waals surface area contributed by atoms with E-state index in [9.17, 15) is 19.2 Å². The molecular formula is C25H36N4O5. The van der Waals surface area contributed by atoms with Crippen LogP contribution in [0, 0.1) is 5.92 Å². The monoisotopic (exact) mass is 472 g/mol. The van der Waals surface area contributed by atoms with Crippen LogP contribution < -0.4 is 10.2 Å². The molecule has 9 heteroatoms. The van der Waals surface area contributed by atoms with Crippen LogP contribution in [0.5, 0.6) is 0 Å². The van der Waals surface area contributed by atoms with Gasteiger partial charge in [0.05, 0.1) is 13.7 Å². The average Bonchev–Trinajstić information content (AvgIpc) is 2.87. The molecule has 9 nitrogen and oxygen atoms in total. The van der Waals surface area contributed by atoms with Crippen LogP contribution in [0.25, 0.3) is 0 Å². The van der Waals surface area contributed by atoms with Gasteiger partial charge in [0.2, 0.25) is 11.8 Å². The third-order valence-corrected chi connectivity index (χ3v) is 6.75. The van der Waals surface area contributed by atoms with E-state index < -0.39 is 24.0 Å². The van der Waals surface area contributed by atoms with Gasteiger partial charge in [0.25, 0.3) is 5.91 Å². The van der Waals surface area contributed by atoms with Crippen molar-refractivity contribution in [3.05, 3.63) is 29.8 Å². The highest BCUT2D eigenvalue weighted by atomic mass is 16.5. The summed E-state index contributed by atoms with van der Waals surface area (Å²) in [7, 11) is 5.11. The molecule has 2 fully saturated rings. The molecule has 1 aliphatic heterocycles. The van der Waals surface area contributed by atoms with E-state index in [1.807, 2.05) is 31.1 Å². The second-order valence-corrected chi connectivity index (χ2v) is 9.33. The summed E-state index contributed by atoms with van der Waals surface area (Å²) in [5.41, 5.74) is 1.51. The zero-order valence-corrected chi connectivity index (χ0v) is 20.6. The molecule has 0 spiro atoms. The van der Waals surface area contributed by atoms with E-state index >= 15 is 0 Å².